The molecule has 1 aliphatic rings. The van der Waals surface area contributed by atoms with Crippen molar-refractivity contribution in [2.75, 3.05) is 13.6 Å². The van der Waals surface area contributed by atoms with E-state index in [0.29, 0.717) is 12.8 Å². The second kappa shape index (κ2) is 8.48. The van der Waals surface area contributed by atoms with Gasteiger partial charge in [-0.25, -0.2) is 0 Å². The minimum Gasteiger partial charge on any atom is -0.373 e. The average Bonchev–Trinajstić information content (AvgIpc) is 2.81. The summed E-state index contributed by atoms with van der Waals surface area (Å²) >= 11 is 0. The molecule has 0 aromatic carbocycles. The van der Waals surface area contributed by atoms with Crippen LogP contribution in [0.4, 0.5) is 0 Å². The quantitative estimate of drug-likeness (QED) is 0.397. The number of nitroso groups, excluding NO2 is 1. The lowest BCUT2D eigenvalue weighted by molar-refractivity contribution is -0.126. The number of hydrogen-bond acceptors (Lipinski definition) is 6. The van der Waals surface area contributed by atoms with Gasteiger partial charge in [0.05, 0.1) is 12.2 Å². The molecule has 3 atom stereocenters. The molecule has 0 aromatic heterocycles. The van der Waals surface area contributed by atoms with Crippen molar-refractivity contribution in [2.45, 2.75) is 44.8 Å². The minimum atomic E-state index is -0.584. The number of rotatable bonds is 8. The second-order valence-electron chi connectivity index (χ2n) is 4.88. The van der Waals surface area contributed by atoms with Gasteiger partial charge in [0.25, 0.3) is 0 Å². The molecule has 1 heterocycles. The summed E-state index contributed by atoms with van der Waals surface area (Å²) < 4.78 is 11.3. The molecule has 1 rings (SSSR count). The van der Waals surface area contributed by atoms with E-state index in [1.165, 1.54) is 24.2 Å². The fourth-order valence-corrected chi connectivity index (χ4v) is 2.05. The number of nitrogens with one attached hydrogen (secondary N) is 1. The summed E-state index contributed by atoms with van der Waals surface area (Å²) in [6.45, 7) is 3.71. The highest BCUT2D eigenvalue weighted by Gasteiger charge is 2.39. The zero-order chi connectivity index (χ0) is 15.8. The zero-order valence-corrected chi connectivity index (χ0v) is 12.4. The summed E-state index contributed by atoms with van der Waals surface area (Å²) in [5.74, 6) is -0.332. The van der Waals surface area contributed by atoms with Gasteiger partial charge in [0, 0.05) is 25.7 Å². The van der Waals surface area contributed by atoms with E-state index >= 15 is 0 Å². The maximum atomic E-state index is 11.2. The van der Waals surface area contributed by atoms with E-state index in [4.69, 9.17) is 9.47 Å². The van der Waals surface area contributed by atoms with Crippen LogP contribution in [0, 0.1) is 4.91 Å². The average molecular weight is 299 g/mol. The normalized spacial score (nSPS) is 25.2. The Morgan fingerprint density at radius 3 is 2.81 bits per heavy atom. The monoisotopic (exact) mass is 299 g/mol. The van der Waals surface area contributed by atoms with E-state index in [1.807, 2.05) is 13.8 Å². The minimum absolute atomic E-state index is 0.0300. The predicted octanol–water partition coefficient (Wildman–Crippen LogP) is 0.380. The van der Waals surface area contributed by atoms with Crippen LogP contribution in [0.5, 0.6) is 0 Å². The zero-order valence-electron chi connectivity index (χ0n) is 12.4. The first-order valence-corrected chi connectivity index (χ1v) is 6.74. The lowest BCUT2D eigenvalue weighted by Crippen LogP contribution is -2.30. The second-order valence-corrected chi connectivity index (χ2v) is 4.88. The molecule has 0 radical (unpaired) electrons. The number of nitrogens with zero attached hydrogens (tertiary/aromatic N) is 2. The number of carbonyl (C=O) groups excluding carboxylic acids is 2. The maximum Gasteiger partial charge on any atom is 0.245 e. The molecule has 1 aliphatic heterocycles. The van der Waals surface area contributed by atoms with Gasteiger partial charge < -0.3 is 14.8 Å². The highest BCUT2D eigenvalue weighted by Crippen LogP contribution is 2.26. The molecule has 0 aliphatic carbocycles. The van der Waals surface area contributed by atoms with Gasteiger partial charge in [0.1, 0.15) is 18.9 Å². The van der Waals surface area contributed by atoms with Crippen molar-refractivity contribution in [3.8, 4) is 0 Å². The molecule has 2 amide bonds. The summed E-state index contributed by atoms with van der Waals surface area (Å²) in [6, 6.07) is 0. The third-order valence-electron chi connectivity index (χ3n) is 2.98. The molecule has 8 heteroatoms. The van der Waals surface area contributed by atoms with Crippen LogP contribution in [0.3, 0.4) is 0 Å². The number of hydrogen-bond donors (Lipinski definition) is 1. The Morgan fingerprint density at radius 1 is 1.57 bits per heavy atom. The fourth-order valence-electron chi connectivity index (χ4n) is 2.05. The number of amides is 2. The van der Waals surface area contributed by atoms with E-state index in [9.17, 15) is 14.5 Å². The molecular formula is C13H21N3O5. The molecule has 1 saturated heterocycles. The Kier molecular flexibility index (Phi) is 6.97. The van der Waals surface area contributed by atoms with Crippen molar-refractivity contribution in [3.63, 3.8) is 0 Å². The first-order valence-electron chi connectivity index (χ1n) is 6.74. The van der Waals surface area contributed by atoms with Crippen LogP contribution in [0.1, 0.15) is 20.3 Å². The molecule has 0 spiro atoms. The van der Waals surface area contributed by atoms with E-state index in [2.05, 4.69) is 10.5 Å². The molecule has 8 nitrogen and oxygen atoms in total. The first kappa shape index (κ1) is 17.3. The third-order valence-corrected chi connectivity index (χ3v) is 2.98. The fraction of sp³-hybridized carbons (Fsp3) is 0.692. The van der Waals surface area contributed by atoms with Gasteiger partial charge in [-0.15, -0.1) is 0 Å². The van der Waals surface area contributed by atoms with Crippen molar-refractivity contribution in [3.05, 3.63) is 17.2 Å². The van der Waals surface area contributed by atoms with Crippen molar-refractivity contribution in [1.82, 2.24) is 10.2 Å². The third kappa shape index (κ3) is 5.24. The lowest BCUT2D eigenvalue weighted by atomic mass is 10.1. The SMILES string of the molecule is CNC(=O)/C=C\N(C=O)C1CC(OC(C)C)C(CN=O)O1. The topological polar surface area (TPSA) is 97.3 Å². The Hall–Kier alpha value is -1.80. The maximum absolute atomic E-state index is 11.2. The summed E-state index contributed by atoms with van der Waals surface area (Å²) in [5.41, 5.74) is 0. The van der Waals surface area contributed by atoms with Gasteiger partial charge in [-0.05, 0) is 13.8 Å². The van der Waals surface area contributed by atoms with E-state index in [0.717, 1.165) is 0 Å². The summed E-state index contributed by atoms with van der Waals surface area (Å²) in [6.07, 6.45) is 2.11. The summed E-state index contributed by atoms with van der Waals surface area (Å²) in [7, 11) is 1.49. The van der Waals surface area contributed by atoms with Gasteiger partial charge in [0.2, 0.25) is 12.3 Å². The predicted molar refractivity (Wildman–Crippen MR) is 75.1 cm³/mol. The van der Waals surface area contributed by atoms with Crippen molar-refractivity contribution in [1.29, 1.82) is 0 Å². The van der Waals surface area contributed by atoms with Crippen LogP contribution in [0.2, 0.25) is 0 Å². The Bertz CT molecular complexity index is 399. The molecule has 1 N–H and O–H groups in total. The molecule has 0 saturated carbocycles. The van der Waals surface area contributed by atoms with E-state index in [-0.39, 0.29) is 24.7 Å². The van der Waals surface area contributed by atoms with Crippen LogP contribution < -0.4 is 5.32 Å². The van der Waals surface area contributed by atoms with Gasteiger partial charge >= 0.3 is 0 Å². The van der Waals surface area contributed by atoms with Crippen molar-refractivity contribution >= 4 is 12.3 Å². The van der Waals surface area contributed by atoms with Gasteiger partial charge in [-0.3, -0.25) is 14.5 Å². The van der Waals surface area contributed by atoms with Crippen molar-refractivity contribution in [2.24, 2.45) is 5.18 Å². The highest BCUT2D eigenvalue weighted by atomic mass is 16.6. The first-order chi connectivity index (χ1) is 10.0. The molecule has 3 unspecified atom stereocenters. The van der Waals surface area contributed by atoms with E-state index < -0.39 is 12.3 Å². The summed E-state index contributed by atoms with van der Waals surface area (Å²) in [4.78, 5) is 34.0. The highest BCUT2D eigenvalue weighted by molar-refractivity contribution is 5.87. The van der Waals surface area contributed by atoms with Crippen LogP contribution in [-0.2, 0) is 19.1 Å². The van der Waals surface area contributed by atoms with Crippen LogP contribution in [0.25, 0.3) is 0 Å². The molecule has 0 aromatic rings. The summed E-state index contributed by atoms with van der Waals surface area (Å²) in [5, 5.41) is 5.25. The molecule has 0 bridgehead atoms. The van der Waals surface area contributed by atoms with Gasteiger partial charge in [-0.1, -0.05) is 5.18 Å². The Labute approximate surface area is 123 Å². The lowest BCUT2D eigenvalue weighted by Gasteiger charge is -2.20. The van der Waals surface area contributed by atoms with Gasteiger partial charge in [-0.2, -0.15) is 4.91 Å². The number of likely N-dealkylation sites (N-methyl/N-ethyl adjacent to an activating group) is 1. The molecular weight excluding hydrogens is 278 g/mol. The number of carbonyl (C=O) groups is 2. The van der Waals surface area contributed by atoms with Crippen molar-refractivity contribution < 1.29 is 19.1 Å². The molecule has 118 valence electrons. The Balaban J connectivity index is 2.73. The Morgan fingerprint density at radius 2 is 2.29 bits per heavy atom. The van der Waals surface area contributed by atoms with E-state index in [1.54, 1.807) is 0 Å². The van der Waals surface area contributed by atoms with Crippen LogP contribution in [-0.4, -0.2) is 55.3 Å². The molecule has 1 fully saturated rings. The van der Waals surface area contributed by atoms with Crippen LogP contribution >= 0.6 is 0 Å². The van der Waals surface area contributed by atoms with Crippen LogP contribution in [0.15, 0.2) is 17.5 Å². The molecule has 21 heavy (non-hydrogen) atoms. The van der Waals surface area contributed by atoms with Gasteiger partial charge in [0.15, 0.2) is 0 Å². The largest absolute Gasteiger partial charge is 0.373 e. The number of ether oxygens (including phenoxy) is 2. The standard InChI is InChI=1S/C13H21N3O5/c1-9(2)20-10-6-13(21-11(10)7-15-19)16(8-17)5-4-12(18)14-3/h4-5,8-11,13H,6-7H2,1-3H3,(H,14,18)/b5-4-. The smallest absolute Gasteiger partial charge is 0.245 e.